The van der Waals surface area contributed by atoms with Gasteiger partial charge in [0.2, 0.25) is 10.0 Å². The fourth-order valence-electron chi connectivity index (χ4n) is 3.10. The highest BCUT2D eigenvalue weighted by molar-refractivity contribution is 7.89. The van der Waals surface area contributed by atoms with Gasteiger partial charge >= 0.3 is 0 Å². The molecule has 3 rings (SSSR count). The Morgan fingerprint density at radius 2 is 1.75 bits per heavy atom. The number of sulfonamides is 1. The summed E-state index contributed by atoms with van der Waals surface area (Å²) in [6.45, 7) is 5.08. The molecule has 3 aromatic rings. The number of rotatable bonds is 6. The Balaban J connectivity index is 1.84. The standard InChI is InChI=1S/C21H22FNO4S/c1-13-11-21(15(3)27-13)28(24,25)23-14(2)16-5-7-17(8-6-16)19-12-18(22)9-10-20(19)26-4/h5-12,14,23H,1-4H3/t14-/m1/s1. The van der Waals surface area contributed by atoms with Gasteiger partial charge in [-0.2, -0.15) is 0 Å². The minimum Gasteiger partial charge on any atom is -0.496 e. The fraction of sp³-hybridized carbons (Fsp3) is 0.238. The number of methoxy groups -OCH3 is 1. The van der Waals surface area contributed by atoms with E-state index in [1.54, 1.807) is 39.0 Å². The van der Waals surface area contributed by atoms with Crippen LogP contribution in [0.1, 0.15) is 30.0 Å². The van der Waals surface area contributed by atoms with Gasteiger partial charge < -0.3 is 9.15 Å². The van der Waals surface area contributed by atoms with Crippen LogP contribution < -0.4 is 9.46 Å². The Morgan fingerprint density at radius 1 is 1.07 bits per heavy atom. The second-order valence-corrected chi connectivity index (χ2v) is 8.27. The van der Waals surface area contributed by atoms with Gasteiger partial charge in [-0.3, -0.25) is 0 Å². The predicted molar refractivity (Wildman–Crippen MR) is 105 cm³/mol. The maximum absolute atomic E-state index is 13.6. The van der Waals surface area contributed by atoms with Crippen LogP contribution in [-0.4, -0.2) is 15.5 Å². The highest BCUT2D eigenvalue weighted by Crippen LogP contribution is 2.31. The maximum atomic E-state index is 13.6. The first-order valence-corrected chi connectivity index (χ1v) is 10.2. The summed E-state index contributed by atoms with van der Waals surface area (Å²) in [5, 5.41) is 0. The molecule has 0 radical (unpaired) electrons. The first-order valence-electron chi connectivity index (χ1n) is 8.74. The molecule has 0 saturated heterocycles. The van der Waals surface area contributed by atoms with Crippen LogP contribution in [0.15, 0.2) is 57.8 Å². The van der Waals surface area contributed by atoms with Crippen LogP contribution in [0.5, 0.6) is 5.75 Å². The van der Waals surface area contributed by atoms with Crippen LogP contribution in [0.25, 0.3) is 11.1 Å². The highest BCUT2D eigenvalue weighted by Gasteiger charge is 2.23. The minimum absolute atomic E-state index is 0.137. The molecule has 0 saturated carbocycles. The molecule has 148 valence electrons. The molecular weight excluding hydrogens is 381 g/mol. The number of benzene rings is 2. The molecule has 5 nitrogen and oxygen atoms in total. The molecule has 0 unspecified atom stereocenters. The summed E-state index contributed by atoms with van der Waals surface area (Å²) < 4.78 is 52.2. The number of ether oxygens (including phenoxy) is 1. The highest BCUT2D eigenvalue weighted by atomic mass is 32.2. The minimum atomic E-state index is -3.71. The zero-order valence-corrected chi connectivity index (χ0v) is 16.9. The quantitative estimate of drug-likeness (QED) is 0.645. The smallest absolute Gasteiger partial charge is 0.244 e. The molecule has 7 heteroatoms. The van der Waals surface area contributed by atoms with Crippen LogP contribution in [0, 0.1) is 19.7 Å². The lowest BCUT2D eigenvalue weighted by molar-refractivity contribution is 0.415. The van der Waals surface area contributed by atoms with Crippen molar-refractivity contribution in [2.24, 2.45) is 0 Å². The van der Waals surface area contributed by atoms with Gasteiger partial charge in [-0.1, -0.05) is 24.3 Å². The van der Waals surface area contributed by atoms with Crippen molar-refractivity contribution in [3.8, 4) is 16.9 Å². The van der Waals surface area contributed by atoms with Gasteiger partial charge in [0, 0.05) is 11.6 Å². The normalized spacial score (nSPS) is 12.8. The van der Waals surface area contributed by atoms with Gasteiger partial charge in [-0.05, 0) is 56.2 Å². The van der Waals surface area contributed by atoms with E-state index in [0.717, 1.165) is 11.1 Å². The summed E-state index contributed by atoms with van der Waals surface area (Å²) in [7, 11) is -2.18. The maximum Gasteiger partial charge on any atom is 0.244 e. The Morgan fingerprint density at radius 3 is 2.32 bits per heavy atom. The van der Waals surface area contributed by atoms with Crippen molar-refractivity contribution in [3.63, 3.8) is 0 Å². The van der Waals surface area contributed by atoms with Crippen molar-refractivity contribution in [2.45, 2.75) is 31.7 Å². The number of halogens is 1. The van der Waals surface area contributed by atoms with E-state index in [2.05, 4.69) is 4.72 Å². The van der Waals surface area contributed by atoms with Crippen LogP contribution in [-0.2, 0) is 10.0 Å². The van der Waals surface area contributed by atoms with Crippen molar-refractivity contribution in [3.05, 3.63) is 71.4 Å². The van der Waals surface area contributed by atoms with Crippen molar-refractivity contribution in [1.82, 2.24) is 4.72 Å². The van der Waals surface area contributed by atoms with Crippen molar-refractivity contribution >= 4 is 10.0 Å². The van der Waals surface area contributed by atoms with Gasteiger partial charge in [0.25, 0.3) is 0 Å². The topological polar surface area (TPSA) is 68.5 Å². The fourth-order valence-corrected chi connectivity index (χ4v) is 4.57. The number of furan rings is 1. The van der Waals surface area contributed by atoms with E-state index in [9.17, 15) is 12.8 Å². The zero-order valence-electron chi connectivity index (χ0n) is 16.1. The van der Waals surface area contributed by atoms with Gasteiger partial charge in [0.1, 0.15) is 28.0 Å². The Labute approximate surface area is 164 Å². The molecule has 28 heavy (non-hydrogen) atoms. The van der Waals surface area contributed by atoms with E-state index in [-0.39, 0.29) is 10.7 Å². The summed E-state index contributed by atoms with van der Waals surface area (Å²) in [6.07, 6.45) is 0. The lowest BCUT2D eigenvalue weighted by Crippen LogP contribution is -2.27. The van der Waals surface area contributed by atoms with E-state index >= 15 is 0 Å². The van der Waals surface area contributed by atoms with Gasteiger partial charge in [0.15, 0.2) is 0 Å². The van der Waals surface area contributed by atoms with E-state index in [0.29, 0.717) is 22.8 Å². The van der Waals surface area contributed by atoms with E-state index < -0.39 is 16.1 Å². The Kier molecular flexibility index (Phi) is 5.58. The van der Waals surface area contributed by atoms with E-state index in [4.69, 9.17) is 9.15 Å². The second kappa shape index (κ2) is 7.77. The number of hydrogen-bond acceptors (Lipinski definition) is 4. The van der Waals surface area contributed by atoms with Crippen LogP contribution >= 0.6 is 0 Å². The molecule has 0 aliphatic rings. The van der Waals surface area contributed by atoms with Gasteiger partial charge in [0.05, 0.1) is 7.11 Å². The summed E-state index contributed by atoms with van der Waals surface area (Å²) in [6, 6.07) is 12.6. The second-order valence-electron chi connectivity index (χ2n) is 6.59. The number of hydrogen-bond donors (Lipinski definition) is 1. The third kappa shape index (κ3) is 4.10. The lowest BCUT2D eigenvalue weighted by atomic mass is 10.0. The number of aryl methyl sites for hydroxylation is 2. The molecule has 0 amide bonds. The summed E-state index contributed by atoms with van der Waals surface area (Å²) in [5.74, 6) is 1.10. The molecule has 2 aromatic carbocycles. The molecule has 1 N–H and O–H groups in total. The predicted octanol–water partition coefficient (Wildman–Crippen LogP) is 4.75. The van der Waals surface area contributed by atoms with Crippen molar-refractivity contribution < 1.29 is 22.0 Å². The average molecular weight is 403 g/mol. The third-order valence-electron chi connectivity index (χ3n) is 4.50. The molecule has 0 bridgehead atoms. The SMILES string of the molecule is COc1ccc(F)cc1-c1ccc([C@@H](C)NS(=O)(=O)c2cc(C)oc2C)cc1. The Hall–Kier alpha value is -2.64. The van der Waals surface area contributed by atoms with Crippen LogP contribution in [0.3, 0.4) is 0 Å². The molecule has 1 heterocycles. The van der Waals surface area contributed by atoms with E-state index in [1.807, 2.05) is 12.1 Å². The van der Waals surface area contributed by atoms with Crippen molar-refractivity contribution in [1.29, 1.82) is 0 Å². The molecule has 0 fully saturated rings. The Bertz CT molecular complexity index is 1090. The van der Waals surface area contributed by atoms with Gasteiger partial charge in [-0.15, -0.1) is 0 Å². The van der Waals surface area contributed by atoms with E-state index in [1.165, 1.54) is 25.3 Å². The van der Waals surface area contributed by atoms with Crippen molar-refractivity contribution in [2.75, 3.05) is 7.11 Å². The summed E-state index contributed by atoms with van der Waals surface area (Å²) in [4.78, 5) is 0.137. The molecule has 0 spiro atoms. The summed E-state index contributed by atoms with van der Waals surface area (Å²) in [5.41, 5.74) is 2.18. The lowest BCUT2D eigenvalue weighted by Gasteiger charge is -2.15. The summed E-state index contributed by atoms with van der Waals surface area (Å²) >= 11 is 0. The third-order valence-corrected chi connectivity index (χ3v) is 6.15. The first-order chi connectivity index (χ1) is 13.2. The monoisotopic (exact) mass is 403 g/mol. The van der Waals surface area contributed by atoms with Crippen LogP contribution in [0.2, 0.25) is 0 Å². The molecule has 1 aromatic heterocycles. The average Bonchev–Trinajstić information content (AvgIpc) is 3.00. The first kappa shape index (κ1) is 20.1. The zero-order chi connectivity index (χ0) is 20.5. The molecule has 0 aliphatic carbocycles. The molecular formula is C21H22FNO4S. The van der Waals surface area contributed by atoms with Crippen LogP contribution in [0.4, 0.5) is 4.39 Å². The molecule has 0 aliphatic heterocycles. The largest absolute Gasteiger partial charge is 0.496 e. The number of nitrogens with one attached hydrogen (secondary N) is 1. The molecule has 1 atom stereocenters. The van der Waals surface area contributed by atoms with Gasteiger partial charge in [-0.25, -0.2) is 17.5 Å².